The van der Waals surface area contributed by atoms with Crippen LogP contribution in [0.15, 0.2) is 24.3 Å². The number of hydrogen-bond acceptors (Lipinski definition) is 3. The van der Waals surface area contributed by atoms with Crippen molar-refractivity contribution in [1.82, 2.24) is 4.90 Å². The van der Waals surface area contributed by atoms with Gasteiger partial charge in [0.1, 0.15) is 15.7 Å². The summed E-state index contributed by atoms with van der Waals surface area (Å²) in [5, 5.41) is 0. The summed E-state index contributed by atoms with van der Waals surface area (Å²) in [5.74, 6) is -0.0151. The Bertz CT molecular complexity index is 526. The molecule has 0 spiro atoms. The molecule has 0 aliphatic heterocycles. The van der Waals surface area contributed by atoms with Crippen molar-refractivity contribution in [2.24, 2.45) is 0 Å². The van der Waals surface area contributed by atoms with Crippen molar-refractivity contribution in [3.63, 3.8) is 0 Å². The lowest BCUT2D eigenvalue weighted by atomic mass is 10.1. The fourth-order valence-corrected chi connectivity index (χ4v) is 2.73. The smallest absolute Gasteiger partial charge is 0.148 e. The lowest BCUT2D eigenvalue weighted by Gasteiger charge is -2.21. The fraction of sp³-hybridized carbons (Fsp3) is 0.571. The van der Waals surface area contributed by atoms with E-state index in [2.05, 4.69) is 4.90 Å². The predicted octanol–water partition coefficient (Wildman–Crippen LogP) is 1.88. The summed E-state index contributed by atoms with van der Waals surface area (Å²) < 4.78 is 35.5. The summed E-state index contributed by atoms with van der Waals surface area (Å²) in [7, 11) is -2.92. The van der Waals surface area contributed by atoms with Crippen molar-refractivity contribution in [2.45, 2.75) is 25.3 Å². The number of hydrogen-bond donors (Lipinski definition) is 0. The number of rotatable bonds is 7. The van der Waals surface area contributed by atoms with Crippen LogP contribution in [0.25, 0.3) is 0 Å². The summed E-state index contributed by atoms with van der Waals surface area (Å²) in [6.45, 7) is 1.38. The van der Waals surface area contributed by atoms with Gasteiger partial charge in [0.15, 0.2) is 0 Å². The minimum Gasteiger partial charge on any atom is -0.299 e. The van der Waals surface area contributed by atoms with Gasteiger partial charge in [0.2, 0.25) is 0 Å². The summed E-state index contributed by atoms with van der Waals surface area (Å²) in [6, 6.07) is 7.12. The standard InChI is InChI=1S/C14H20FNO2S/c1-19(17,18)10-9-16(14-5-6-14)8-7-12-3-2-4-13(15)11-12/h2-4,11,14H,5-10H2,1H3. The maximum Gasteiger partial charge on any atom is 0.148 e. The molecule has 0 aromatic heterocycles. The van der Waals surface area contributed by atoms with Gasteiger partial charge in [0.05, 0.1) is 5.75 Å². The molecule has 1 aliphatic carbocycles. The molecule has 1 aromatic rings. The zero-order chi connectivity index (χ0) is 13.9. The van der Waals surface area contributed by atoms with Crippen molar-refractivity contribution in [3.8, 4) is 0 Å². The van der Waals surface area contributed by atoms with Gasteiger partial charge in [0.25, 0.3) is 0 Å². The van der Waals surface area contributed by atoms with Crippen molar-refractivity contribution in [2.75, 3.05) is 25.1 Å². The van der Waals surface area contributed by atoms with E-state index >= 15 is 0 Å². The summed E-state index contributed by atoms with van der Waals surface area (Å²) in [6.07, 6.45) is 4.32. The first-order valence-electron chi connectivity index (χ1n) is 6.60. The summed E-state index contributed by atoms with van der Waals surface area (Å²) in [4.78, 5) is 2.21. The molecule has 1 aromatic carbocycles. The van der Waals surface area contributed by atoms with Crippen LogP contribution in [0.5, 0.6) is 0 Å². The highest BCUT2D eigenvalue weighted by molar-refractivity contribution is 7.90. The second kappa shape index (κ2) is 6.01. The SMILES string of the molecule is CS(=O)(=O)CCN(CCc1cccc(F)c1)C1CC1. The average Bonchev–Trinajstić information content (AvgIpc) is 3.12. The first kappa shape index (κ1) is 14.5. The Morgan fingerprint density at radius 1 is 1.32 bits per heavy atom. The Kier molecular flexibility index (Phi) is 4.58. The van der Waals surface area contributed by atoms with Gasteiger partial charge in [-0.3, -0.25) is 4.90 Å². The Labute approximate surface area is 114 Å². The van der Waals surface area contributed by atoms with Crippen LogP contribution >= 0.6 is 0 Å². The maximum atomic E-state index is 13.1. The predicted molar refractivity (Wildman–Crippen MR) is 74.4 cm³/mol. The van der Waals surface area contributed by atoms with E-state index in [1.807, 2.05) is 6.07 Å². The second-order valence-electron chi connectivity index (χ2n) is 5.28. The molecule has 0 bridgehead atoms. The van der Waals surface area contributed by atoms with E-state index in [4.69, 9.17) is 0 Å². The van der Waals surface area contributed by atoms with Gasteiger partial charge < -0.3 is 0 Å². The molecule has 0 heterocycles. The van der Waals surface area contributed by atoms with Crippen LogP contribution in [0.1, 0.15) is 18.4 Å². The van der Waals surface area contributed by atoms with E-state index in [0.29, 0.717) is 12.6 Å². The van der Waals surface area contributed by atoms with Gasteiger partial charge in [-0.25, -0.2) is 12.8 Å². The zero-order valence-corrected chi connectivity index (χ0v) is 12.0. The molecule has 0 atom stereocenters. The molecule has 106 valence electrons. The highest BCUT2D eigenvalue weighted by Gasteiger charge is 2.28. The average molecular weight is 285 g/mol. The Balaban J connectivity index is 1.87. The molecule has 1 saturated carbocycles. The van der Waals surface area contributed by atoms with Gasteiger partial charge >= 0.3 is 0 Å². The van der Waals surface area contributed by atoms with E-state index in [-0.39, 0.29) is 11.6 Å². The second-order valence-corrected chi connectivity index (χ2v) is 7.54. The van der Waals surface area contributed by atoms with Crippen LogP contribution < -0.4 is 0 Å². The molecule has 1 aliphatic rings. The molecule has 19 heavy (non-hydrogen) atoms. The van der Waals surface area contributed by atoms with Crippen LogP contribution in [0.3, 0.4) is 0 Å². The van der Waals surface area contributed by atoms with Gasteiger partial charge in [-0.1, -0.05) is 12.1 Å². The minimum atomic E-state index is -2.92. The first-order valence-corrected chi connectivity index (χ1v) is 8.66. The van der Waals surface area contributed by atoms with Crippen LogP contribution in [-0.2, 0) is 16.3 Å². The van der Waals surface area contributed by atoms with E-state index in [9.17, 15) is 12.8 Å². The molecule has 0 N–H and O–H groups in total. The van der Waals surface area contributed by atoms with Crippen molar-refractivity contribution < 1.29 is 12.8 Å². The van der Waals surface area contributed by atoms with E-state index < -0.39 is 9.84 Å². The lowest BCUT2D eigenvalue weighted by Crippen LogP contribution is -2.33. The number of sulfone groups is 1. The normalized spacial score (nSPS) is 15.9. The summed E-state index contributed by atoms with van der Waals surface area (Å²) >= 11 is 0. The van der Waals surface area contributed by atoms with Crippen LogP contribution in [0.2, 0.25) is 0 Å². The number of benzene rings is 1. The Morgan fingerprint density at radius 3 is 2.63 bits per heavy atom. The molecule has 0 amide bonds. The van der Waals surface area contributed by atoms with Crippen LogP contribution in [-0.4, -0.2) is 44.5 Å². The van der Waals surface area contributed by atoms with Gasteiger partial charge in [-0.15, -0.1) is 0 Å². The quantitative estimate of drug-likeness (QED) is 0.767. The lowest BCUT2D eigenvalue weighted by molar-refractivity contribution is 0.282. The number of nitrogens with zero attached hydrogens (tertiary/aromatic N) is 1. The molecule has 0 saturated heterocycles. The maximum absolute atomic E-state index is 13.1. The molecule has 3 nitrogen and oxygen atoms in total. The van der Waals surface area contributed by atoms with Gasteiger partial charge in [0, 0.05) is 25.4 Å². The van der Waals surface area contributed by atoms with Gasteiger partial charge in [-0.2, -0.15) is 0 Å². The minimum absolute atomic E-state index is 0.201. The zero-order valence-electron chi connectivity index (χ0n) is 11.2. The van der Waals surface area contributed by atoms with E-state index in [1.54, 1.807) is 12.1 Å². The van der Waals surface area contributed by atoms with E-state index in [0.717, 1.165) is 31.4 Å². The number of halogens is 1. The third kappa shape index (κ3) is 5.28. The highest BCUT2D eigenvalue weighted by atomic mass is 32.2. The molecule has 0 unspecified atom stereocenters. The highest BCUT2D eigenvalue weighted by Crippen LogP contribution is 2.26. The topological polar surface area (TPSA) is 37.4 Å². The molecule has 0 radical (unpaired) electrons. The monoisotopic (exact) mass is 285 g/mol. The fourth-order valence-electron chi connectivity index (χ4n) is 2.16. The van der Waals surface area contributed by atoms with Gasteiger partial charge in [-0.05, 0) is 37.0 Å². The third-order valence-electron chi connectivity index (χ3n) is 3.39. The van der Waals surface area contributed by atoms with Crippen molar-refractivity contribution in [1.29, 1.82) is 0 Å². The summed E-state index contributed by atoms with van der Waals surface area (Å²) in [5.41, 5.74) is 0.963. The van der Waals surface area contributed by atoms with Crippen molar-refractivity contribution in [3.05, 3.63) is 35.6 Å². The third-order valence-corrected chi connectivity index (χ3v) is 4.31. The van der Waals surface area contributed by atoms with E-state index in [1.165, 1.54) is 12.3 Å². The van der Waals surface area contributed by atoms with Crippen LogP contribution in [0, 0.1) is 5.82 Å². The molecule has 1 fully saturated rings. The molecular formula is C14H20FNO2S. The Morgan fingerprint density at radius 2 is 2.05 bits per heavy atom. The molecule has 2 rings (SSSR count). The molecule has 5 heteroatoms. The van der Waals surface area contributed by atoms with Crippen molar-refractivity contribution >= 4 is 9.84 Å². The first-order chi connectivity index (χ1) is 8.94. The molecular weight excluding hydrogens is 265 g/mol. The Hall–Kier alpha value is -0.940. The van der Waals surface area contributed by atoms with Crippen LogP contribution in [0.4, 0.5) is 4.39 Å². The largest absolute Gasteiger partial charge is 0.299 e.